The van der Waals surface area contributed by atoms with Crippen LogP contribution in [0.4, 0.5) is 10.5 Å². The predicted octanol–water partition coefficient (Wildman–Crippen LogP) is 2.97. The van der Waals surface area contributed by atoms with Crippen molar-refractivity contribution >= 4 is 17.6 Å². The molecule has 1 saturated carbocycles. The molecule has 28 heavy (non-hydrogen) atoms. The number of urea groups is 1. The summed E-state index contributed by atoms with van der Waals surface area (Å²) in [5.41, 5.74) is 8.26. The first-order valence-corrected chi connectivity index (χ1v) is 9.73. The summed E-state index contributed by atoms with van der Waals surface area (Å²) in [7, 11) is 0. The van der Waals surface area contributed by atoms with Gasteiger partial charge in [0.15, 0.2) is 0 Å². The van der Waals surface area contributed by atoms with E-state index in [1.807, 2.05) is 12.1 Å². The van der Waals surface area contributed by atoms with Gasteiger partial charge in [-0.1, -0.05) is 31.4 Å². The van der Waals surface area contributed by atoms with E-state index in [1.54, 1.807) is 36.7 Å². The van der Waals surface area contributed by atoms with Crippen molar-refractivity contribution in [3.63, 3.8) is 0 Å². The van der Waals surface area contributed by atoms with Crippen LogP contribution in [0.2, 0.25) is 0 Å². The number of nitrogens with two attached hydrogens (primary N) is 1. The Labute approximate surface area is 165 Å². The molecule has 1 aromatic carbocycles. The molecule has 3 amide bonds. The molecule has 0 saturated heterocycles. The molecular weight excluding hydrogens is 354 g/mol. The average Bonchev–Trinajstić information content (AvgIpc) is 2.73. The SMILES string of the molecule is NC(CNC(=O)NC1CCCCC1)c1ccc(C(=O)Nc2ccncc2)cc1. The number of carbonyl (C=O) groups is 2. The zero-order valence-electron chi connectivity index (χ0n) is 15.9. The van der Waals surface area contributed by atoms with E-state index in [4.69, 9.17) is 5.73 Å². The minimum atomic E-state index is -0.339. The highest BCUT2D eigenvalue weighted by molar-refractivity contribution is 6.04. The van der Waals surface area contributed by atoms with E-state index >= 15 is 0 Å². The van der Waals surface area contributed by atoms with Crippen LogP contribution in [0, 0.1) is 0 Å². The van der Waals surface area contributed by atoms with Gasteiger partial charge in [0.05, 0.1) is 0 Å². The first-order valence-electron chi connectivity index (χ1n) is 9.73. The molecule has 3 rings (SSSR count). The van der Waals surface area contributed by atoms with E-state index in [0.717, 1.165) is 18.4 Å². The number of aromatic nitrogens is 1. The number of pyridine rings is 1. The van der Waals surface area contributed by atoms with Crippen LogP contribution in [0.25, 0.3) is 0 Å². The van der Waals surface area contributed by atoms with E-state index in [2.05, 4.69) is 20.9 Å². The Kier molecular flexibility index (Phi) is 6.97. The Morgan fingerprint density at radius 2 is 1.71 bits per heavy atom. The zero-order chi connectivity index (χ0) is 19.8. The van der Waals surface area contributed by atoms with Gasteiger partial charge in [-0.2, -0.15) is 0 Å². The summed E-state index contributed by atoms with van der Waals surface area (Å²) in [6, 6.07) is 10.3. The lowest BCUT2D eigenvalue weighted by molar-refractivity contribution is 0.102. The maximum atomic E-state index is 12.3. The average molecular weight is 381 g/mol. The molecule has 7 nitrogen and oxygen atoms in total. The number of hydrogen-bond acceptors (Lipinski definition) is 4. The van der Waals surface area contributed by atoms with Crippen molar-refractivity contribution in [3.05, 3.63) is 59.9 Å². The molecule has 148 valence electrons. The quantitative estimate of drug-likeness (QED) is 0.617. The molecule has 5 N–H and O–H groups in total. The summed E-state index contributed by atoms with van der Waals surface area (Å²) in [5, 5.41) is 8.66. The molecule has 1 unspecified atom stereocenters. The summed E-state index contributed by atoms with van der Waals surface area (Å²) in [6.45, 7) is 0.334. The third kappa shape index (κ3) is 5.79. The lowest BCUT2D eigenvalue weighted by Gasteiger charge is -2.23. The number of rotatable bonds is 6. The van der Waals surface area contributed by atoms with Gasteiger partial charge >= 0.3 is 6.03 Å². The van der Waals surface area contributed by atoms with Crippen molar-refractivity contribution in [3.8, 4) is 0 Å². The van der Waals surface area contributed by atoms with E-state index < -0.39 is 0 Å². The Hall–Kier alpha value is -2.93. The number of nitrogens with one attached hydrogen (secondary N) is 3. The minimum Gasteiger partial charge on any atom is -0.336 e. The van der Waals surface area contributed by atoms with Crippen LogP contribution < -0.4 is 21.7 Å². The summed E-state index contributed by atoms with van der Waals surface area (Å²) in [4.78, 5) is 28.2. The Balaban J connectivity index is 1.47. The molecule has 1 fully saturated rings. The molecule has 1 heterocycles. The number of hydrogen-bond donors (Lipinski definition) is 4. The van der Waals surface area contributed by atoms with Gasteiger partial charge in [0.25, 0.3) is 5.91 Å². The number of amides is 3. The first kappa shape index (κ1) is 19.8. The Morgan fingerprint density at radius 3 is 2.39 bits per heavy atom. The molecule has 0 bridgehead atoms. The van der Waals surface area contributed by atoms with Crippen molar-refractivity contribution in [2.45, 2.75) is 44.2 Å². The highest BCUT2D eigenvalue weighted by Crippen LogP contribution is 2.17. The summed E-state index contributed by atoms with van der Waals surface area (Å²) in [6.07, 6.45) is 8.92. The van der Waals surface area contributed by atoms with E-state index in [0.29, 0.717) is 17.8 Å². The molecule has 2 aromatic rings. The van der Waals surface area contributed by atoms with Crippen molar-refractivity contribution in [1.29, 1.82) is 0 Å². The van der Waals surface area contributed by atoms with Crippen LogP contribution in [-0.2, 0) is 0 Å². The number of carbonyl (C=O) groups excluding carboxylic acids is 2. The fourth-order valence-electron chi connectivity index (χ4n) is 3.32. The molecule has 0 spiro atoms. The number of anilines is 1. The maximum Gasteiger partial charge on any atom is 0.315 e. The molecule has 7 heteroatoms. The van der Waals surface area contributed by atoms with Crippen molar-refractivity contribution in [2.75, 3.05) is 11.9 Å². The smallest absolute Gasteiger partial charge is 0.315 e. The topological polar surface area (TPSA) is 109 Å². The number of benzene rings is 1. The van der Waals surface area contributed by atoms with Crippen molar-refractivity contribution in [1.82, 2.24) is 15.6 Å². The largest absolute Gasteiger partial charge is 0.336 e. The summed E-state index contributed by atoms with van der Waals surface area (Å²) < 4.78 is 0. The molecule has 1 aromatic heterocycles. The zero-order valence-corrected chi connectivity index (χ0v) is 15.9. The van der Waals surface area contributed by atoms with Gasteiger partial charge in [-0.15, -0.1) is 0 Å². The van der Waals surface area contributed by atoms with Gasteiger partial charge in [0, 0.05) is 42.3 Å². The minimum absolute atomic E-state index is 0.171. The van der Waals surface area contributed by atoms with Crippen molar-refractivity contribution < 1.29 is 9.59 Å². The number of nitrogens with zero attached hydrogens (tertiary/aromatic N) is 1. The maximum absolute atomic E-state index is 12.3. The summed E-state index contributed by atoms with van der Waals surface area (Å²) >= 11 is 0. The van der Waals surface area contributed by atoms with Crippen LogP contribution in [-0.4, -0.2) is 29.5 Å². The van der Waals surface area contributed by atoms with Gasteiger partial charge in [-0.25, -0.2) is 4.79 Å². The second-order valence-corrected chi connectivity index (χ2v) is 7.11. The monoisotopic (exact) mass is 381 g/mol. The van der Waals surface area contributed by atoms with E-state index in [9.17, 15) is 9.59 Å². The van der Waals surface area contributed by atoms with E-state index in [1.165, 1.54) is 19.3 Å². The van der Waals surface area contributed by atoms with Crippen molar-refractivity contribution in [2.24, 2.45) is 5.73 Å². The highest BCUT2D eigenvalue weighted by Gasteiger charge is 2.16. The Bertz CT molecular complexity index is 773. The van der Waals surface area contributed by atoms with Crippen LogP contribution >= 0.6 is 0 Å². The highest BCUT2D eigenvalue weighted by atomic mass is 16.2. The van der Waals surface area contributed by atoms with Gasteiger partial charge in [-0.05, 0) is 42.7 Å². The fourth-order valence-corrected chi connectivity index (χ4v) is 3.32. The molecule has 1 aliphatic rings. The molecule has 1 aliphatic carbocycles. The molecule has 1 atom stereocenters. The molecule has 0 radical (unpaired) electrons. The van der Waals surface area contributed by atoms with Gasteiger partial charge < -0.3 is 21.7 Å². The fraction of sp³-hybridized carbons (Fsp3) is 0.381. The van der Waals surface area contributed by atoms with Gasteiger partial charge in [0.1, 0.15) is 0 Å². The predicted molar refractivity (Wildman–Crippen MR) is 109 cm³/mol. The van der Waals surface area contributed by atoms with Crippen LogP contribution in [0.1, 0.15) is 54.1 Å². The third-order valence-corrected chi connectivity index (χ3v) is 4.96. The van der Waals surface area contributed by atoms with Crippen LogP contribution in [0.5, 0.6) is 0 Å². The van der Waals surface area contributed by atoms with Crippen LogP contribution in [0.15, 0.2) is 48.8 Å². The standard InChI is InChI=1S/C21H27N5O2/c22-19(14-24-21(28)26-17-4-2-1-3-5-17)15-6-8-16(9-7-15)20(27)25-18-10-12-23-13-11-18/h6-13,17,19H,1-5,14,22H2,(H,23,25,27)(H2,24,26,28). The van der Waals surface area contributed by atoms with E-state index in [-0.39, 0.29) is 24.0 Å². The van der Waals surface area contributed by atoms with Gasteiger partial charge in [-0.3, -0.25) is 9.78 Å². The summed E-state index contributed by atoms with van der Waals surface area (Å²) in [5.74, 6) is -0.198. The van der Waals surface area contributed by atoms with Crippen LogP contribution in [0.3, 0.4) is 0 Å². The Morgan fingerprint density at radius 1 is 1.04 bits per heavy atom. The second kappa shape index (κ2) is 9.85. The third-order valence-electron chi connectivity index (χ3n) is 4.96. The normalized spacial score (nSPS) is 15.5. The van der Waals surface area contributed by atoms with Gasteiger partial charge in [0.2, 0.25) is 0 Å². The lowest BCUT2D eigenvalue weighted by atomic mass is 9.96. The first-order chi connectivity index (χ1) is 13.6. The molecule has 0 aliphatic heterocycles. The lowest BCUT2D eigenvalue weighted by Crippen LogP contribution is -2.44. The molecular formula is C21H27N5O2. The second-order valence-electron chi connectivity index (χ2n) is 7.11.